The third kappa shape index (κ3) is 5.28. The van der Waals surface area contributed by atoms with E-state index >= 15 is 0 Å². The molecule has 0 unspecified atom stereocenters. The number of carbonyl (C=O) groups excluding carboxylic acids is 1. The van der Waals surface area contributed by atoms with Crippen LogP contribution in [-0.2, 0) is 6.42 Å². The number of nitrogens with zero attached hydrogens (tertiary/aromatic N) is 4. The van der Waals surface area contributed by atoms with E-state index in [4.69, 9.17) is 4.74 Å². The summed E-state index contributed by atoms with van der Waals surface area (Å²) in [7, 11) is 1.69. The molecule has 0 saturated carbocycles. The van der Waals surface area contributed by atoms with Crippen LogP contribution in [0.15, 0.2) is 30.5 Å². The predicted octanol–water partition coefficient (Wildman–Crippen LogP) is 2.73. The van der Waals surface area contributed by atoms with Crippen LogP contribution in [0.1, 0.15) is 47.8 Å². The Kier molecular flexibility index (Phi) is 7.50. The van der Waals surface area contributed by atoms with Gasteiger partial charge in [-0.3, -0.25) is 4.79 Å². The third-order valence-corrected chi connectivity index (χ3v) is 6.00. The summed E-state index contributed by atoms with van der Waals surface area (Å²) in [4.78, 5) is 14.7. The first kappa shape index (κ1) is 21.6. The maximum absolute atomic E-state index is 12.8. The minimum absolute atomic E-state index is 0. The van der Waals surface area contributed by atoms with Gasteiger partial charge in [0.1, 0.15) is 5.75 Å². The Balaban J connectivity index is 0.00000240. The molecule has 1 aromatic heterocycles. The molecule has 0 spiro atoms. The Morgan fingerprint density at radius 3 is 2.48 bits per heavy atom. The second-order valence-electron chi connectivity index (χ2n) is 7.85. The number of amides is 1. The molecule has 2 saturated heterocycles. The Labute approximate surface area is 178 Å². The molecule has 158 valence electrons. The Morgan fingerprint density at radius 2 is 1.83 bits per heavy atom. The first-order valence-electron chi connectivity index (χ1n) is 10.3. The van der Waals surface area contributed by atoms with Gasteiger partial charge >= 0.3 is 0 Å². The Bertz CT molecular complexity index is 781. The molecule has 2 fully saturated rings. The van der Waals surface area contributed by atoms with E-state index in [0.29, 0.717) is 17.7 Å². The van der Waals surface area contributed by atoms with Crippen molar-refractivity contribution in [2.45, 2.75) is 38.1 Å². The SMILES string of the molecule is COc1ccc(CC2CCN(C(=O)c3cn(C4CCNCC4)nn3)CC2)cc1.Cl. The largest absolute Gasteiger partial charge is 0.497 e. The van der Waals surface area contributed by atoms with Crippen LogP contribution in [0.25, 0.3) is 0 Å². The molecule has 1 amide bonds. The van der Waals surface area contributed by atoms with Gasteiger partial charge in [-0.05, 0) is 68.8 Å². The highest BCUT2D eigenvalue weighted by molar-refractivity contribution is 5.92. The highest BCUT2D eigenvalue weighted by atomic mass is 35.5. The second kappa shape index (κ2) is 10.1. The van der Waals surface area contributed by atoms with Gasteiger partial charge < -0.3 is 15.0 Å². The maximum atomic E-state index is 12.8. The molecule has 29 heavy (non-hydrogen) atoms. The standard InChI is InChI=1S/C21H29N5O2.ClH/c1-28-19-4-2-16(3-5-19)14-17-8-12-25(13-9-17)21(27)20-15-26(24-23-20)18-6-10-22-11-7-18;/h2-5,15,17-18,22H,6-14H2,1H3;1H. The molecule has 0 bridgehead atoms. The lowest BCUT2D eigenvalue weighted by molar-refractivity contribution is 0.0684. The number of aromatic nitrogens is 3. The van der Waals surface area contributed by atoms with E-state index in [-0.39, 0.29) is 18.3 Å². The van der Waals surface area contributed by atoms with Crippen molar-refractivity contribution < 1.29 is 9.53 Å². The van der Waals surface area contributed by atoms with Crippen molar-refractivity contribution in [2.24, 2.45) is 5.92 Å². The van der Waals surface area contributed by atoms with Crippen LogP contribution in [0, 0.1) is 5.92 Å². The molecule has 7 nitrogen and oxygen atoms in total. The number of ether oxygens (including phenoxy) is 1. The van der Waals surface area contributed by atoms with Crippen LogP contribution >= 0.6 is 12.4 Å². The molecular formula is C21H30ClN5O2. The van der Waals surface area contributed by atoms with Gasteiger partial charge in [0.25, 0.3) is 5.91 Å². The fourth-order valence-electron chi connectivity index (χ4n) is 4.22. The topological polar surface area (TPSA) is 72.3 Å². The zero-order valence-corrected chi connectivity index (χ0v) is 17.7. The number of hydrogen-bond donors (Lipinski definition) is 1. The first-order chi connectivity index (χ1) is 13.7. The average molecular weight is 420 g/mol. The van der Waals surface area contributed by atoms with Crippen molar-refractivity contribution in [1.82, 2.24) is 25.2 Å². The lowest BCUT2D eigenvalue weighted by atomic mass is 9.90. The molecule has 2 aliphatic heterocycles. The van der Waals surface area contributed by atoms with Crippen molar-refractivity contribution in [3.63, 3.8) is 0 Å². The number of benzene rings is 1. The van der Waals surface area contributed by atoms with Crippen molar-refractivity contribution >= 4 is 18.3 Å². The number of nitrogens with one attached hydrogen (secondary N) is 1. The van der Waals surface area contributed by atoms with E-state index in [9.17, 15) is 4.79 Å². The maximum Gasteiger partial charge on any atom is 0.276 e. The zero-order chi connectivity index (χ0) is 19.3. The minimum Gasteiger partial charge on any atom is -0.497 e. The molecule has 0 radical (unpaired) electrons. The van der Waals surface area contributed by atoms with Crippen molar-refractivity contribution in [3.05, 3.63) is 41.7 Å². The van der Waals surface area contributed by atoms with Crippen molar-refractivity contribution in [1.29, 1.82) is 0 Å². The predicted molar refractivity (Wildman–Crippen MR) is 114 cm³/mol. The zero-order valence-electron chi connectivity index (χ0n) is 16.9. The molecule has 4 rings (SSSR count). The summed E-state index contributed by atoms with van der Waals surface area (Å²) in [5, 5.41) is 11.7. The van der Waals surface area contributed by atoms with Crippen LogP contribution in [0.5, 0.6) is 5.75 Å². The number of rotatable bonds is 5. The lowest BCUT2D eigenvalue weighted by Crippen LogP contribution is -2.39. The van der Waals surface area contributed by atoms with Gasteiger partial charge in [-0.25, -0.2) is 4.68 Å². The van der Waals surface area contributed by atoms with Gasteiger partial charge in [0, 0.05) is 13.1 Å². The molecular weight excluding hydrogens is 390 g/mol. The normalized spacial score (nSPS) is 18.3. The molecule has 8 heteroatoms. The van der Waals surface area contributed by atoms with Crippen LogP contribution < -0.4 is 10.1 Å². The number of hydrogen-bond acceptors (Lipinski definition) is 5. The summed E-state index contributed by atoms with van der Waals surface area (Å²) in [6.07, 6.45) is 7.02. The molecule has 0 aliphatic carbocycles. The Morgan fingerprint density at radius 1 is 1.14 bits per heavy atom. The molecule has 3 heterocycles. The van der Waals surface area contributed by atoms with Crippen molar-refractivity contribution in [2.75, 3.05) is 33.3 Å². The van der Waals surface area contributed by atoms with Gasteiger partial charge in [-0.1, -0.05) is 17.3 Å². The van der Waals surface area contributed by atoms with Crippen molar-refractivity contribution in [3.8, 4) is 5.75 Å². The van der Waals surface area contributed by atoms with Gasteiger partial charge in [-0.15, -0.1) is 17.5 Å². The number of halogens is 1. The number of piperidine rings is 2. The summed E-state index contributed by atoms with van der Waals surface area (Å²) < 4.78 is 7.10. The number of methoxy groups -OCH3 is 1. The van der Waals surface area contributed by atoms with E-state index in [0.717, 1.165) is 64.0 Å². The first-order valence-corrected chi connectivity index (χ1v) is 10.3. The van der Waals surface area contributed by atoms with Gasteiger partial charge in [0.05, 0.1) is 19.3 Å². The van der Waals surface area contributed by atoms with Crippen LogP contribution in [0.4, 0.5) is 0 Å². The summed E-state index contributed by atoms with van der Waals surface area (Å²) >= 11 is 0. The highest BCUT2D eigenvalue weighted by Gasteiger charge is 2.26. The monoisotopic (exact) mass is 419 g/mol. The fourth-order valence-corrected chi connectivity index (χ4v) is 4.22. The summed E-state index contributed by atoms with van der Waals surface area (Å²) in [5.74, 6) is 1.52. The number of carbonyl (C=O) groups is 1. The van der Waals surface area contributed by atoms with Crippen LogP contribution in [0.3, 0.4) is 0 Å². The highest BCUT2D eigenvalue weighted by Crippen LogP contribution is 2.24. The minimum atomic E-state index is 0. The fraction of sp³-hybridized carbons (Fsp3) is 0.571. The summed E-state index contributed by atoms with van der Waals surface area (Å²) in [6.45, 7) is 3.57. The molecule has 0 atom stereocenters. The van der Waals surface area contributed by atoms with Gasteiger partial charge in [0.15, 0.2) is 5.69 Å². The smallest absolute Gasteiger partial charge is 0.276 e. The second-order valence-corrected chi connectivity index (χ2v) is 7.85. The molecule has 1 aromatic carbocycles. The molecule has 2 aromatic rings. The van der Waals surface area contributed by atoms with E-state index in [1.807, 2.05) is 27.9 Å². The lowest BCUT2D eigenvalue weighted by Gasteiger charge is -2.31. The van der Waals surface area contributed by atoms with E-state index < -0.39 is 0 Å². The summed E-state index contributed by atoms with van der Waals surface area (Å²) in [5.41, 5.74) is 1.81. The van der Waals surface area contributed by atoms with E-state index in [1.165, 1.54) is 5.56 Å². The van der Waals surface area contributed by atoms with E-state index in [2.05, 4.69) is 27.8 Å². The summed E-state index contributed by atoms with van der Waals surface area (Å²) in [6, 6.07) is 8.65. The Hall–Kier alpha value is -2.12. The quantitative estimate of drug-likeness (QED) is 0.806. The average Bonchev–Trinajstić information content (AvgIpc) is 3.25. The molecule has 2 aliphatic rings. The van der Waals surface area contributed by atoms with E-state index in [1.54, 1.807) is 7.11 Å². The van der Waals surface area contributed by atoms with Crippen LogP contribution in [0.2, 0.25) is 0 Å². The van der Waals surface area contributed by atoms with Gasteiger partial charge in [0.2, 0.25) is 0 Å². The molecule has 1 N–H and O–H groups in total. The third-order valence-electron chi connectivity index (χ3n) is 6.00. The van der Waals surface area contributed by atoms with Crippen LogP contribution in [-0.4, -0.2) is 59.1 Å². The van der Waals surface area contributed by atoms with Gasteiger partial charge in [-0.2, -0.15) is 0 Å². The number of likely N-dealkylation sites (tertiary alicyclic amines) is 1.